The lowest BCUT2D eigenvalue weighted by molar-refractivity contribution is 0.0954. The molecule has 0 atom stereocenters. The molecule has 0 bridgehead atoms. The molecular formula is C21H26N4OS. The van der Waals surface area contributed by atoms with E-state index < -0.39 is 0 Å². The largest absolute Gasteiger partial charge is 0.271 e. The minimum absolute atomic E-state index is 0.155. The Bertz CT molecular complexity index is 802. The van der Waals surface area contributed by atoms with Crippen molar-refractivity contribution >= 4 is 23.4 Å². The third-order valence-electron chi connectivity index (χ3n) is 4.71. The first-order valence-corrected chi connectivity index (χ1v) is 10.4. The Labute approximate surface area is 165 Å². The minimum atomic E-state index is -0.155. The molecule has 0 saturated heterocycles. The van der Waals surface area contributed by atoms with Crippen molar-refractivity contribution in [2.45, 2.75) is 57.4 Å². The Kier molecular flexibility index (Phi) is 6.61. The van der Waals surface area contributed by atoms with Crippen LogP contribution in [0.4, 0.5) is 0 Å². The van der Waals surface area contributed by atoms with E-state index in [0.29, 0.717) is 5.56 Å². The number of thioether (sulfide) groups is 1. The number of hydrazone groups is 1. The van der Waals surface area contributed by atoms with Gasteiger partial charge in [-0.3, -0.25) is 4.79 Å². The van der Waals surface area contributed by atoms with Crippen molar-refractivity contribution in [2.24, 2.45) is 11.0 Å². The summed E-state index contributed by atoms with van der Waals surface area (Å²) in [5.41, 5.74) is 7.51. The summed E-state index contributed by atoms with van der Waals surface area (Å²) in [5, 5.41) is 5.09. The highest BCUT2D eigenvalue weighted by Gasteiger charge is 2.14. The zero-order valence-corrected chi connectivity index (χ0v) is 17.0. The Morgan fingerprint density at radius 2 is 1.78 bits per heavy atom. The van der Waals surface area contributed by atoms with Crippen LogP contribution in [-0.2, 0) is 5.75 Å². The van der Waals surface area contributed by atoms with Crippen molar-refractivity contribution in [3.8, 4) is 0 Å². The normalized spacial score (nSPS) is 16.9. The van der Waals surface area contributed by atoms with Gasteiger partial charge in [0.05, 0.1) is 0 Å². The molecule has 1 heterocycles. The number of carbonyl (C=O) groups excluding carboxylic acids is 1. The zero-order chi connectivity index (χ0) is 19.2. The number of rotatable bonds is 5. The van der Waals surface area contributed by atoms with Crippen LogP contribution in [-0.4, -0.2) is 21.6 Å². The minimum Gasteiger partial charge on any atom is -0.267 e. The molecule has 1 aliphatic carbocycles. The lowest BCUT2D eigenvalue weighted by Gasteiger charge is -2.18. The van der Waals surface area contributed by atoms with Gasteiger partial charge < -0.3 is 0 Å². The average molecular weight is 383 g/mol. The molecule has 1 N–H and O–H groups in total. The average Bonchev–Trinajstić information content (AvgIpc) is 2.65. The number of aromatic nitrogens is 2. The summed E-state index contributed by atoms with van der Waals surface area (Å²) < 4.78 is 0. The van der Waals surface area contributed by atoms with E-state index >= 15 is 0 Å². The first-order chi connectivity index (χ1) is 13.0. The number of nitrogens with zero attached hydrogens (tertiary/aromatic N) is 3. The fourth-order valence-electron chi connectivity index (χ4n) is 3.06. The fourth-order valence-corrected chi connectivity index (χ4v) is 3.97. The van der Waals surface area contributed by atoms with Gasteiger partial charge in [0.2, 0.25) is 0 Å². The third kappa shape index (κ3) is 5.89. The lowest BCUT2D eigenvalue weighted by Crippen LogP contribution is -2.21. The van der Waals surface area contributed by atoms with Gasteiger partial charge in [-0.2, -0.15) is 5.10 Å². The number of benzene rings is 1. The molecule has 3 rings (SSSR count). The predicted octanol–water partition coefficient (Wildman–Crippen LogP) is 4.68. The van der Waals surface area contributed by atoms with E-state index in [2.05, 4.69) is 27.4 Å². The SMILES string of the molecule is Cc1cc(C)nc(SCc2ccc(C(=O)NN=C3CCC(C)CC3)cc2)n1. The van der Waals surface area contributed by atoms with Crippen LogP contribution in [0.15, 0.2) is 40.6 Å². The second-order valence-electron chi connectivity index (χ2n) is 7.22. The van der Waals surface area contributed by atoms with Gasteiger partial charge in [0.15, 0.2) is 5.16 Å². The molecule has 0 spiro atoms. The standard InChI is InChI=1S/C21H26N4OS/c1-14-4-10-19(11-5-14)24-25-20(26)18-8-6-17(7-9-18)13-27-21-22-15(2)12-16(3)23-21/h6-9,12,14H,4-5,10-11,13H2,1-3H3,(H,25,26). The summed E-state index contributed by atoms with van der Waals surface area (Å²) in [6, 6.07) is 9.60. The highest BCUT2D eigenvalue weighted by atomic mass is 32.2. The zero-order valence-electron chi connectivity index (χ0n) is 16.2. The van der Waals surface area contributed by atoms with E-state index in [1.54, 1.807) is 11.8 Å². The maximum atomic E-state index is 12.3. The summed E-state index contributed by atoms with van der Waals surface area (Å²) >= 11 is 1.60. The van der Waals surface area contributed by atoms with E-state index in [-0.39, 0.29) is 5.91 Å². The molecule has 6 heteroatoms. The molecule has 0 radical (unpaired) electrons. The van der Waals surface area contributed by atoms with Crippen molar-refractivity contribution in [3.63, 3.8) is 0 Å². The molecular weight excluding hydrogens is 356 g/mol. The van der Waals surface area contributed by atoms with E-state index in [1.165, 1.54) is 0 Å². The van der Waals surface area contributed by atoms with Gasteiger partial charge in [-0.15, -0.1) is 0 Å². The maximum absolute atomic E-state index is 12.3. The summed E-state index contributed by atoms with van der Waals surface area (Å²) in [5.74, 6) is 1.38. The fraction of sp³-hybridized carbons (Fsp3) is 0.429. The molecule has 5 nitrogen and oxygen atoms in total. The molecule has 1 aliphatic rings. The van der Waals surface area contributed by atoms with Gasteiger partial charge in [0.25, 0.3) is 5.91 Å². The van der Waals surface area contributed by atoms with Crippen LogP contribution in [0.1, 0.15) is 59.9 Å². The monoisotopic (exact) mass is 382 g/mol. The number of aryl methyl sites for hydroxylation is 2. The van der Waals surface area contributed by atoms with Crippen LogP contribution in [0.3, 0.4) is 0 Å². The first-order valence-electron chi connectivity index (χ1n) is 9.39. The highest BCUT2D eigenvalue weighted by molar-refractivity contribution is 7.98. The van der Waals surface area contributed by atoms with Crippen molar-refractivity contribution in [3.05, 3.63) is 52.8 Å². The van der Waals surface area contributed by atoms with Crippen molar-refractivity contribution in [2.75, 3.05) is 0 Å². The van der Waals surface area contributed by atoms with Crippen LogP contribution >= 0.6 is 11.8 Å². The Morgan fingerprint density at radius 3 is 2.41 bits per heavy atom. The van der Waals surface area contributed by atoms with Gasteiger partial charge in [-0.1, -0.05) is 30.8 Å². The Balaban J connectivity index is 1.53. The molecule has 1 amide bonds. The van der Waals surface area contributed by atoms with Gasteiger partial charge in [-0.25, -0.2) is 15.4 Å². The molecule has 142 valence electrons. The molecule has 2 aromatic rings. The summed E-state index contributed by atoms with van der Waals surface area (Å²) in [7, 11) is 0. The lowest BCUT2D eigenvalue weighted by atomic mass is 9.90. The number of carbonyl (C=O) groups is 1. The van der Waals surface area contributed by atoms with E-state index in [4.69, 9.17) is 0 Å². The van der Waals surface area contributed by atoms with Gasteiger partial charge in [0, 0.05) is 28.4 Å². The van der Waals surface area contributed by atoms with Crippen LogP contribution in [0.5, 0.6) is 0 Å². The molecule has 1 fully saturated rings. The van der Waals surface area contributed by atoms with Gasteiger partial charge in [-0.05, 0) is 69.2 Å². The van der Waals surface area contributed by atoms with E-state index in [9.17, 15) is 4.79 Å². The van der Waals surface area contributed by atoms with Crippen molar-refractivity contribution in [1.82, 2.24) is 15.4 Å². The maximum Gasteiger partial charge on any atom is 0.271 e. The van der Waals surface area contributed by atoms with Crippen LogP contribution in [0.2, 0.25) is 0 Å². The smallest absolute Gasteiger partial charge is 0.267 e. The number of amides is 1. The highest BCUT2D eigenvalue weighted by Crippen LogP contribution is 2.22. The van der Waals surface area contributed by atoms with Crippen molar-refractivity contribution < 1.29 is 4.79 Å². The quantitative estimate of drug-likeness (QED) is 0.463. The van der Waals surface area contributed by atoms with Gasteiger partial charge in [0.1, 0.15) is 0 Å². The molecule has 1 aromatic heterocycles. The molecule has 1 aromatic carbocycles. The Hall–Kier alpha value is -2.21. The molecule has 0 aliphatic heterocycles. The number of hydrogen-bond donors (Lipinski definition) is 1. The molecule has 1 saturated carbocycles. The topological polar surface area (TPSA) is 67.2 Å². The summed E-state index contributed by atoms with van der Waals surface area (Å²) in [6.45, 7) is 6.22. The van der Waals surface area contributed by atoms with Crippen LogP contribution in [0, 0.1) is 19.8 Å². The number of hydrogen-bond acceptors (Lipinski definition) is 5. The predicted molar refractivity (Wildman–Crippen MR) is 110 cm³/mol. The first kappa shape index (κ1) is 19.5. The summed E-state index contributed by atoms with van der Waals surface area (Å²) in [6.07, 6.45) is 4.28. The second kappa shape index (κ2) is 9.13. The van der Waals surface area contributed by atoms with Crippen molar-refractivity contribution in [1.29, 1.82) is 0 Å². The van der Waals surface area contributed by atoms with Gasteiger partial charge >= 0.3 is 0 Å². The second-order valence-corrected chi connectivity index (χ2v) is 8.16. The summed E-state index contributed by atoms with van der Waals surface area (Å²) in [4.78, 5) is 21.2. The third-order valence-corrected chi connectivity index (χ3v) is 5.63. The molecule has 27 heavy (non-hydrogen) atoms. The van der Waals surface area contributed by atoms with Crippen LogP contribution < -0.4 is 5.43 Å². The van der Waals surface area contributed by atoms with E-state index in [0.717, 1.165) is 65.2 Å². The van der Waals surface area contributed by atoms with E-state index in [1.807, 2.05) is 44.2 Å². The Morgan fingerprint density at radius 1 is 1.15 bits per heavy atom. The molecule has 0 unspecified atom stereocenters. The number of nitrogens with one attached hydrogen (secondary N) is 1. The van der Waals surface area contributed by atoms with Crippen LogP contribution in [0.25, 0.3) is 0 Å².